The summed E-state index contributed by atoms with van der Waals surface area (Å²) in [5.41, 5.74) is 13.8. The topological polar surface area (TPSA) is 88.5 Å². The van der Waals surface area contributed by atoms with Crippen LogP contribution in [0.5, 0.6) is 23.0 Å². The summed E-state index contributed by atoms with van der Waals surface area (Å²) in [4.78, 5) is 18.2. The lowest BCUT2D eigenvalue weighted by molar-refractivity contribution is 0.304. The molecular weight excluding hydrogens is 937 g/mol. The van der Waals surface area contributed by atoms with Gasteiger partial charge in [0, 0.05) is 117 Å². The summed E-state index contributed by atoms with van der Waals surface area (Å²) in [5, 5.41) is 0. The highest BCUT2D eigenvalue weighted by Gasteiger charge is 2.24. The zero-order valence-electron chi connectivity index (χ0n) is 43.8. The summed E-state index contributed by atoms with van der Waals surface area (Å²) in [6.07, 6.45) is 12.1. The summed E-state index contributed by atoms with van der Waals surface area (Å²) in [5.74, 6) is 30.5. The van der Waals surface area contributed by atoms with Crippen molar-refractivity contribution in [2.75, 3.05) is 26.4 Å². The van der Waals surface area contributed by atoms with Crippen LogP contribution in [0.2, 0.25) is 0 Å². The second-order valence-electron chi connectivity index (χ2n) is 18.5. The van der Waals surface area contributed by atoms with Crippen molar-refractivity contribution in [1.82, 2.24) is 19.9 Å². The van der Waals surface area contributed by atoms with Crippen molar-refractivity contribution < 1.29 is 18.9 Å². The maximum Gasteiger partial charge on any atom is 0.126 e. The van der Waals surface area contributed by atoms with Gasteiger partial charge in [-0.05, 0) is 146 Å². The lowest BCUT2D eigenvalue weighted by atomic mass is 9.88. The quantitative estimate of drug-likeness (QED) is 0.112. The summed E-state index contributed by atoms with van der Waals surface area (Å²) in [7, 11) is 0. The van der Waals surface area contributed by atoms with Crippen molar-refractivity contribution in [2.24, 2.45) is 0 Å². The van der Waals surface area contributed by atoms with Gasteiger partial charge in [0.2, 0.25) is 0 Å². The van der Waals surface area contributed by atoms with E-state index in [1.807, 2.05) is 72.8 Å². The maximum atomic E-state index is 6.94. The molecule has 76 heavy (non-hydrogen) atoms. The van der Waals surface area contributed by atoms with Gasteiger partial charge in [0.1, 0.15) is 45.8 Å². The molecule has 0 radical (unpaired) electrons. The van der Waals surface area contributed by atoms with E-state index in [1.165, 1.54) is 0 Å². The van der Waals surface area contributed by atoms with Gasteiger partial charge in [-0.1, -0.05) is 75.6 Å². The van der Waals surface area contributed by atoms with Gasteiger partial charge in [-0.3, -0.25) is 0 Å². The number of aromatic nitrogens is 4. The summed E-state index contributed by atoms with van der Waals surface area (Å²) in [6, 6.07) is 40.4. The first-order chi connectivity index (χ1) is 37.5. The number of rotatable bonds is 12. The molecule has 9 rings (SSSR count). The zero-order valence-corrected chi connectivity index (χ0v) is 43.8. The van der Waals surface area contributed by atoms with Gasteiger partial charge in [-0.2, -0.15) is 0 Å². The van der Waals surface area contributed by atoms with E-state index in [0.29, 0.717) is 74.9 Å². The van der Waals surface area contributed by atoms with E-state index in [2.05, 4.69) is 144 Å². The minimum Gasteiger partial charge on any atom is -0.493 e. The van der Waals surface area contributed by atoms with Gasteiger partial charge in [-0.25, -0.2) is 19.9 Å². The van der Waals surface area contributed by atoms with E-state index in [-0.39, 0.29) is 0 Å². The number of hydrogen-bond donors (Lipinski definition) is 0. The van der Waals surface area contributed by atoms with Gasteiger partial charge in [0.25, 0.3) is 0 Å². The van der Waals surface area contributed by atoms with Crippen molar-refractivity contribution in [2.45, 2.75) is 79.1 Å². The fourth-order valence-electron chi connectivity index (χ4n) is 9.03. The molecule has 1 aliphatic carbocycles. The normalized spacial score (nSPS) is 11.2. The number of hydrogen-bond acceptors (Lipinski definition) is 8. The van der Waals surface area contributed by atoms with Crippen LogP contribution in [-0.2, 0) is 25.7 Å². The molecule has 4 heterocycles. The van der Waals surface area contributed by atoms with Gasteiger partial charge >= 0.3 is 0 Å². The SMILES string of the molecule is CCCOc1c2cc(C#Cc3ccccn3)cc1Cc1cc(C#Cc3ccccn3)cc(c1OCCC)Cc1cc(C#Cc3ccccn3)cc(c1OCCC)Cc1cc(C#Cc3ccccn3)cc(c1OCCC)C2. The molecule has 0 unspecified atom stereocenters. The lowest BCUT2D eigenvalue weighted by Crippen LogP contribution is -2.11. The molecule has 0 aliphatic heterocycles. The molecule has 8 nitrogen and oxygen atoms in total. The third-order valence-corrected chi connectivity index (χ3v) is 12.3. The van der Waals surface area contributed by atoms with Gasteiger partial charge in [-0.15, -0.1) is 0 Å². The Morgan fingerprint density at radius 2 is 0.513 bits per heavy atom. The molecule has 0 spiro atoms. The predicted molar refractivity (Wildman–Crippen MR) is 301 cm³/mol. The van der Waals surface area contributed by atoms with Crippen LogP contribution in [0.3, 0.4) is 0 Å². The highest BCUT2D eigenvalue weighted by atomic mass is 16.5. The first-order valence-electron chi connectivity index (χ1n) is 26.3. The standard InChI is InChI=1S/C68H60N4O4/c1-5-33-73-65-53-37-49(21-25-61-17-9-13-29-69-61)38-54(65)46-56-40-51(23-27-63-19-11-15-31-71-63)42-58(67(56)75-35-7-3)48-60-44-52(24-28-64-20-12-16-32-72-64)43-59(68(60)76-36-8-4)47-57-41-50(22-26-62-18-10-14-30-70-62)39-55(45-53)66(57)74-34-6-2/h9-20,29-32,37-44H,5-8,33-36,45-48H2,1-4H3. The number of benzene rings is 4. The predicted octanol–water partition coefficient (Wildman–Crippen LogP) is 12.7. The third kappa shape index (κ3) is 13.7. The Morgan fingerprint density at radius 3 is 0.684 bits per heavy atom. The third-order valence-electron chi connectivity index (χ3n) is 12.3. The monoisotopic (exact) mass is 996 g/mol. The van der Waals surface area contributed by atoms with Crippen LogP contribution in [0.4, 0.5) is 0 Å². The van der Waals surface area contributed by atoms with Crippen molar-refractivity contribution >= 4 is 0 Å². The fraction of sp³-hybridized carbons (Fsp3) is 0.235. The molecule has 0 saturated heterocycles. The van der Waals surface area contributed by atoms with Crippen LogP contribution in [0.25, 0.3) is 0 Å². The van der Waals surface area contributed by atoms with Crippen LogP contribution in [0.15, 0.2) is 146 Å². The molecule has 376 valence electrons. The average molecular weight is 997 g/mol. The molecule has 0 atom stereocenters. The Kier molecular flexibility index (Phi) is 17.9. The first-order valence-corrected chi connectivity index (χ1v) is 26.3. The molecule has 8 bridgehead atoms. The summed E-state index contributed by atoms with van der Waals surface area (Å²) >= 11 is 0. The molecule has 4 aromatic heterocycles. The van der Waals surface area contributed by atoms with Crippen LogP contribution < -0.4 is 18.9 Å². The molecule has 0 N–H and O–H groups in total. The Hall–Kier alpha value is -9.08. The number of fused-ring (bicyclic) bond motifs is 8. The highest BCUT2D eigenvalue weighted by Crippen LogP contribution is 2.41. The van der Waals surface area contributed by atoms with Gasteiger partial charge in [0.05, 0.1) is 26.4 Å². The minimum absolute atomic E-state index is 0.455. The van der Waals surface area contributed by atoms with Gasteiger partial charge < -0.3 is 18.9 Å². The molecule has 0 saturated carbocycles. The largest absolute Gasteiger partial charge is 0.493 e. The Bertz CT molecular complexity index is 2980. The molecule has 0 amide bonds. The number of pyridine rings is 4. The van der Waals surface area contributed by atoms with Crippen molar-refractivity contribution in [3.63, 3.8) is 0 Å². The van der Waals surface area contributed by atoms with E-state index in [4.69, 9.17) is 18.9 Å². The highest BCUT2D eigenvalue weighted by molar-refractivity contribution is 5.63. The van der Waals surface area contributed by atoms with Crippen molar-refractivity contribution in [3.8, 4) is 70.4 Å². The molecule has 8 aromatic rings. The maximum absolute atomic E-state index is 6.94. The van der Waals surface area contributed by atoms with Gasteiger partial charge in [0.15, 0.2) is 0 Å². The Labute approximate surface area is 448 Å². The fourth-order valence-corrected chi connectivity index (χ4v) is 9.03. The summed E-state index contributed by atoms with van der Waals surface area (Å²) in [6.45, 7) is 10.6. The minimum atomic E-state index is 0.455. The van der Waals surface area contributed by atoms with E-state index < -0.39 is 0 Å². The first kappa shape index (κ1) is 51.8. The van der Waals surface area contributed by atoms with E-state index >= 15 is 0 Å². The Balaban J connectivity index is 1.37. The Morgan fingerprint density at radius 1 is 0.303 bits per heavy atom. The molecular formula is C68H60N4O4. The zero-order chi connectivity index (χ0) is 52.3. The van der Waals surface area contributed by atoms with Crippen LogP contribution in [-0.4, -0.2) is 46.4 Å². The van der Waals surface area contributed by atoms with E-state index in [1.54, 1.807) is 24.8 Å². The van der Waals surface area contributed by atoms with E-state index in [0.717, 1.165) is 115 Å². The van der Waals surface area contributed by atoms with Crippen molar-refractivity contribution in [1.29, 1.82) is 0 Å². The van der Waals surface area contributed by atoms with E-state index in [9.17, 15) is 0 Å². The van der Waals surface area contributed by atoms with Crippen LogP contribution >= 0.6 is 0 Å². The molecule has 0 fully saturated rings. The van der Waals surface area contributed by atoms with Crippen LogP contribution in [0.1, 0.15) is 143 Å². The van der Waals surface area contributed by atoms with Crippen molar-refractivity contribution in [3.05, 3.63) is 236 Å². The number of ether oxygens (including phenoxy) is 4. The lowest BCUT2D eigenvalue weighted by Gasteiger charge is -2.24. The number of nitrogens with zero attached hydrogens (tertiary/aromatic N) is 4. The second kappa shape index (κ2) is 26.2. The molecule has 1 aliphatic rings. The smallest absolute Gasteiger partial charge is 0.126 e. The average Bonchev–Trinajstić information content (AvgIpc) is 3.46. The summed E-state index contributed by atoms with van der Waals surface area (Å²) < 4.78 is 27.8. The molecule has 4 aromatic carbocycles. The van der Waals surface area contributed by atoms with Crippen LogP contribution in [0, 0.1) is 47.4 Å². The molecule has 8 heteroatoms. The second-order valence-corrected chi connectivity index (χ2v) is 18.5.